The fourth-order valence-corrected chi connectivity index (χ4v) is 8.17. The van der Waals surface area contributed by atoms with Gasteiger partial charge in [0.25, 0.3) is 0 Å². The van der Waals surface area contributed by atoms with E-state index in [0.717, 1.165) is 69.6 Å². The highest BCUT2D eigenvalue weighted by atomic mass is 16.6. The van der Waals surface area contributed by atoms with Crippen LogP contribution in [0.15, 0.2) is 0 Å². The van der Waals surface area contributed by atoms with Gasteiger partial charge >= 0.3 is 17.9 Å². The molecule has 0 aliphatic carbocycles. The van der Waals surface area contributed by atoms with Crippen molar-refractivity contribution in [2.24, 2.45) is 11.8 Å². The molecule has 0 aliphatic rings. The van der Waals surface area contributed by atoms with Crippen LogP contribution >= 0.6 is 0 Å². The highest BCUT2D eigenvalue weighted by Crippen LogP contribution is 2.17. The molecule has 6 nitrogen and oxygen atoms in total. The number of carbonyl (C=O) groups excluding carboxylic acids is 3. The average molecular weight is 849 g/mol. The molecule has 0 aromatic heterocycles. The van der Waals surface area contributed by atoms with Gasteiger partial charge in [-0.25, -0.2) is 0 Å². The molecular formula is C54H104O6. The minimum atomic E-state index is -0.762. The molecule has 0 spiro atoms. The first-order chi connectivity index (χ1) is 29.2. The van der Waals surface area contributed by atoms with Crippen LogP contribution in [0.2, 0.25) is 0 Å². The molecular weight excluding hydrogens is 745 g/mol. The molecule has 0 aromatic rings. The Labute approximate surface area is 374 Å². The molecule has 0 unspecified atom stereocenters. The van der Waals surface area contributed by atoms with Crippen molar-refractivity contribution in [2.45, 2.75) is 304 Å². The third kappa shape index (κ3) is 47.5. The van der Waals surface area contributed by atoms with Crippen LogP contribution in [0.1, 0.15) is 298 Å². The molecule has 60 heavy (non-hydrogen) atoms. The van der Waals surface area contributed by atoms with E-state index in [4.69, 9.17) is 14.2 Å². The molecule has 1 atom stereocenters. The van der Waals surface area contributed by atoms with Gasteiger partial charge in [0.2, 0.25) is 0 Å². The second-order valence-electron chi connectivity index (χ2n) is 19.5. The second kappa shape index (κ2) is 46.9. The van der Waals surface area contributed by atoms with Gasteiger partial charge in [-0.3, -0.25) is 14.4 Å². The predicted molar refractivity (Wildman–Crippen MR) is 256 cm³/mol. The highest BCUT2D eigenvalue weighted by molar-refractivity contribution is 5.71. The summed E-state index contributed by atoms with van der Waals surface area (Å²) in [4.78, 5) is 38.0. The zero-order chi connectivity index (χ0) is 44.0. The minimum absolute atomic E-state index is 0.0634. The van der Waals surface area contributed by atoms with Crippen LogP contribution in [-0.4, -0.2) is 37.2 Å². The van der Waals surface area contributed by atoms with Crippen molar-refractivity contribution in [1.82, 2.24) is 0 Å². The Balaban J connectivity index is 4.32. The average Bonchev–Trinajstić information content (AvgIpc) is 3.22. The standard InChI is InChI=1S/C54H104O6/c1-6-7-8-9-10-11-12-13-14-19-24-29-34-39-44-52(55)58-47-51(60-54(57)46-41-36-31-26-21-16-18-23-28-33-38-43-50(4)5)48-59-53(56)45-40-35-30-25-20-15-17-22-27-32-37-42-49(2)3/h49-51H,6-48H2,1-5H3/t51-/m0/s1. The van der Waals surface area contributed by atoms with E-state index in [0.29, 0.717) is 19.3 Å². The Bertz CT molecular complexity index is 916. The molecule has 0 N–H and O–H groups in total. The third-order valence-corrected chi connectivity index (χ3v) is 12.2. The summed E-state index contributed by atoms with van der Waals surface area (Å²) in [5.41, 5.74) is 0. The molecule has 356 valence electrons. The lowest BCUT2D eigenvalue weighted by atomic mass is 10.0. The zero-order valence-electron chi connectivity index (χ0n) is 41.1. The maximum Gasteiger partial charge on any atom is 0.306 e. The summed E-state index contributed by atoms with van der Waals surface area (Å²) in [5, 5.41) is 0. The van der Waals surface area contributed by atoms with Crippen molar-refractivity contribution in [3.05, 3.63) is 0 Å². The SMILES string of the molecule is CCCCCCCCCCCCCCCCC(=O)OC[C@@H](COC(=O)CCCCCCCCCCCCCC(C)C)OC(=O)CCCCCCCCCCCCCC(C)C. The predicted octanol–water partition coefficient (Wildman–Crippen LogP) is 17.3. The number of ether oxygens (including phenoxy) is 3. The largest absolute Gasteiger partial charge is 0.462 e. The number of unbranched alkanes of at least 4 members (excludes halogenated alkanes) is 33. The third-order valence-electron chi connectivity index (χ3n) is 12.2. The van der Waals surface area contributed by atoms with Crippen molar-refractivity contribution < 1.29 is 28.6 Å². The highest BCUT2D eigenvalue weighted by Gasteiger charge is 2.19. The Kier molecular flexibility index (Phi) is 45.7. The fourth-order valence-electron chi connectivity index (χ4n) is 8.17. The molecule has 0 amide bonds. The molecule has 0 aliphatic heterocycles. The van der Waals surface area contributed by atoms with Gasteiger partial charge < -0.3 is 14.2 Å². The van der Waals surface area contributed by atoms with Gasteiger partial charge in [-0.1, -0.05) is 259 Å². The Morgan fingerprint density at radius 1 is 0.317 bits per heavy atom. The molecule has 0 saturated carbocycles. The van der Waals surface area contributed by atoms with E-state index < -0.39 is 6.10 Å². The maximum atomic E-state index is 12.8. The zero-order valence-corrected chi connectivity index (χ0v) is 41.1. The van der Waals surface area contributed by atoms with Gasteiger partial charge in [0.15, 0.2) is 6.10 Å². The topological polar surface area (TPSA) is 78.9 Å². The molecule has 0 saturated heterocycles. The van der Waals surface area contributed by atoms with Crippen molar-refractivity contribution in [2.75, 3.05) is 13.2 Å². The summed E-state index contributed by atoms with van der Waals surface area (Å²) in [6.07, 6.45) is 48.0. The molecule has 0 heterocycles. The lowest BCUT2D eigenvalue weighted by Crippen LogP contribution is -2.30. The number of rotatable bonds is 48. The summed E-state index contributed by atoms with van der Waals surface area (Å²) in [7, 11) is 0. The number of carbonyl (C=O) groups is 3. The Hall–Kier alpha value is -1.59. The summed E-state index contributed by atoms with van der Waals surface area (Å²) in [6.45, 7) is 11.4. The van der Waals surface area contributed by atoms with Crippen LogP contribution in [-0.2, 0) is 28.6 Å². The first kappa shape index (κ1) is 58.4. The van der Waals surface area contributed by atoms with E-state index >= 15 is 0 Å². The molecule has 0 radical (unpaired) electrons. The van der Waals surface area contributed by atoms with Gasteiger partial charge in [0, 0.05) is 19.3 Å². The van der Waals surface area contributed by atoms with Crippen LogP contribution in [0.5, 0.6) is 0 Å². The minimum Gasteiger partial charge on any atom is -0.462 e. The molecule has 6 heteroatoms. The Morgan fingerprint density at radius 2 is 0.550 bits per heavy atom. The van der Waals surface area contributed by atoms with E-state index in [1.165, 1.54) is 186 Å². The summed E-state index contributed by atoms with van der Waals surface area (Å²) >= 11 is 0. The maximum absolute atomic E-state index is 12.8. The lowest BCUT2D eigenvalue weighted by molar-refractivity contribution is -0.167. The fraction of sp³-hybridized carbons (Fsp3) is 0.944. The van der Waals surface area contributed by atoms with E-state index in [1.807, 2.05) is 0 Å². The molecule has 0 rings (SSSR count). The summed E-state index contributed by atoms with van der Waals surface area (Å²) in [5.74, 6) is 0.806. The molecule has 0 bridgehead atoms. The second-order valence-corrected chi connectivity index (χ2v) is 19.5. The quantitative estimate of drug-likeness (QED) is 0.0345. The number of hydrogen-bond donors (Lipinski definition) is 0. The van der Waals surface area contributed by atoms with Crippen molar-refractivity contribution >= 4 is 17.9 Å². The van der Waals surface area contributed by atoms with Crippen LogP contribution in [0.25, 0.3) is 0 Å². The smallest absolute Gasteiger partial charge is 0.306 e. The van der Waals surface area contributed by atoms with E-state index in [2.05, 4.69) is 34.6 Å². The normalized spacial score (nSPS) is 12.1. The van der Waals surface area contributed by atoms with Gasteiger partial charge in [-0.2, -0.15) is 0 Å². The van der Waals surface area contributed by atoms with Gasteiger partial charge in [-0.15, -0.1) is 0 Å². The lowest BCUT2D eigenvalue weighted by Gasteiger charge is -2.18. The van der Waals surface area contributed by atoms with Crippen molar-refractivity contribution in [3.8, 4) is 0 Å². The summed E-state index contributed by atoms with van der Waals surface area (Å²) in [6, 6.07) is 0. The van der Waals surface area contributed by atoms with E-state index in [-0.39, 0.29) is 31.1 Å². The van der Waals surface area contributed by atoms with Crippen LogP contribution in [0, 0.1) is 11.8 Å². The molecule has 0 fully saturated rings. The van der Waals surface area contributed by atoms with Crippen LogP contribution in [0.3, 0.4) is 0 Å². The first-order valence-corrected chi connectivity index (χ1v) is 26.7. The number of esters is 3. The van der Waals surface area contributed by atoms with Crippen LogP contribution in [0.4, 0.5) is 0 Å². The summed E-state index contributed by atoms with van der Waals surface area (Å²) < 4.78 is 16.8. The molecule has 0 aromatic carbocycles. The van der Waals surface area contributed by atoms with Crippen LogP contribution < -0.4 is 0 Å². The Morgan fingerprint density at radius 3 is 0.817 bits per heavy atom. The van der Waals surface area contributed by atoms with Gasteiger partial charge in [-0.05, 0) is 31.1 Å². The van der Waals surface area contributed by atoms with Crippen molar-refractivity contribution in [3.63, 3.8) is 0 Å². The number of hydrogen-bond acceptors (Lipinski definition) is 6. The van der Waals surface area contributed by atoms with Gasteiger partial charge in [0.05, 0.1) is 0 Å². The monoisotopic (exact) mass is 849 g/mol. The van der Waals surface area contributed by atoms with Crippen molar-refractivity contribution in [1.29, 1.82) is 0 Å². The first-order valence-electron chi connectivity index (χ1n) is 26.7. The van der Waals surface area contributed by atoms with E-state index in [1.54, 1.807) is 0 Å². The van der Waals surface area contributed by atoms with E-state index in [9.17, 15) is 14.4 Å². The van der Waals surface area contributed by atoms with Gasteiger partial charge in [0.1, 0.15) is 13.2 Å².